The van der Waals surface area contributed by atoms with Crippen LogP contribution in [0.5, 0.6) is 11.5 Å². The van der Waals surface area contributed by atoms with E-state index >= 15 is 0 Å². The minimum Gasteiger partial charge on any atom is -0.508 e. The minimum atomic E-state index is 0.239. The molecule has 0 aliphatic rings. The lowest BCUT2D eigenvalue weighted by molar-refractivity contribution is 0.306. The van der Waals surface area contributed by atoms with Crippen molar-refractivity contribution in [3.8, 4) is 11.5 Å². The van der Waals surface area contributed by atoms with E-state index in [1.54, 1.807) is 23.9 Å². The molecule has 0 aliphatic carbocycles. The number of fused-ring (bicyclic) bond motifs is 1. The molecule has 174 valence electrons. The summed E-state index contributed by atoms with van der Waals surface area (Å²) in [5.41, 5.74) is 4.71. The van der Waals surface area contributed by atoms with Crippen LogP contribution >= 0.6 is 11.8 Å². The van der Waals surface area contributed by atoms with Gasteiger partial charge in [-0.3, -0.25) is 0 Å². The third-order valence-electron chi connectivity index (χ3n) is 5.39. The van der Waals surface area contributed by atoms with Crippen LogP contribution in [0.1, 0.15) is 16.8 Å². The maximum Gasteiger partial charge on any atom is 0.164 e. The molecule has 2 aromatic heterocycles. The Morgan fingerprint density at radius 3 is 2.60 bits per heavy atom. The molecule has 0 saturated heterocycles. The molecule has 7 heteroatoms. The normalized spacial score (nSPS) is 10.9. The third kappa shape index (κ3) is 5.53. The number of benzene rings is 3. The number of hydrogen-bond donors (Lipinski definition) is 2. The predicted molar refractivity (Wildman–Crippen MR) is 140 cm³/mol. The first kappa shape index (κ1) is 22.7. The number of aromatic hydroxyl groups is 1. The van der Waals surface area contributed by atoms with Gasteiger partial charge in [-0.25, -0.2) is 15.0 Å². The number of anilines is 2. The van der Waals surface area contributed by atoms with Crippen molar-refractivity contribution in [1.82, 2.24) is 15.0 Å². The Balaban J connectivity index is 1.48. The number of rotatable bonds is 7. The first-order valence-corrected chi connectivity index (χ1v) is 12.0. The predicted octanol–water partition coefficient (Wildman–Crippen LogP) is 6.82. The van der Waals surface area contributed by atoms with Crippen molar-refractivity contribution in [2.45, 2.75) is 30.2 Å². The molecule has 0 amide bonds. The fourth-order valence-electron chi connectivity index (χ4n) is 3.66. The number of pyridine rings is 1. The quantitative estimate of drug-likeness (QED) is 0.264. The molecule has 35 heavy (non-hydrogen) atoms. The molecule has 0 fully saturated rings. The Kier molecular flexibility index (Phi) is 6.50. The van der Waals surface area contributed by atoms with E-state index in [9.17, 15) is 5.11 Å². The SMILES string of the molecule is Cc1cccc(COc2ccc(Sc3ccc(O)cc3)c(Nc3ncnc4nc(C)ccc34)c2)c1. The number of nitrogens with one attached hydrogen (secondary N) is 1. The summed E-state index contributed by atoms with van der Waals surface area (Å²) in [6.45, 7) is 4.49. The van der Waals surface area contributed by atoms with Gasteiger partial charge in [0.2, 0.25) is 0 Å². The molecule has 0 unspecified atom stereocenters. The van der Waals surface area contributed by atoms with Crippen LogP contribution < -0.4 is 10.1 Å². The maximum absolute atomic E-state index is 9.64. The van der Waals surface area contributed by atoms with Gasteiger partial charge in [0.05, 0.1) is 11.1 Å². The van der Waals surface area contributed by atoms with Crippen molar-refractivity contribution in [1.29, 1.82) is 0 Å². The van der Waals surface area contributed by atoms with Crippen molar-refractivity contribution in [2.24, 2.45) is 0 Å². The van der Waals surface area contributed by atoms with Gasteiger partial charge in [-0.05, 0) is 67.9 Å². The van der Waals surface area contributed by atoms with E-state index in [1.807, 2.05) is 55.5 Å². The fourth-order valence-corrected chi connectivity index (χ4v) is 4.54. The van der Waals surface area contributed by atoms with E-state index in [0.29, 0.717) is 18.1 Å². The summed E-state index contributed by atoms with van der Waals surface area (Å²) in [6, 6.07) is 25.3. The van der Waals surface area contributed by atoms with Crippen LogP contribution in [0.15, 0.2) is 95.0 Å². The highest BCUT2D eigenvalue weighted by atomic mass is 32.2. The number of phenolic OH excluding ortho intramolecular Hbond substituents is 1. The number of ether oxygens (including phenoxy) is 1. The van der Waals surface area contributed by atoms with Gasteiger partial charge in [-0.15, -0.1) is 0 Å². The van der Waals surface area contributed by atoms with Crippen LogP contribution in [-0.4, -0.2) is 20.1 Å². The summed E-state index contributed by atoms with van der Waals surface area (Å²) in [4.78, 5) is 15.3. The number of phenols is 1. The van der Waals surface area contributed by atoms with E-state index in [0.717, 1.165) is 37.9 Å². The van der Waals surface area contributed by atoms with Gasteiger partial charge in [0.15, 0.2) is 5.65 Å². The second-order valence-electron chi connectivity index (χ2n) is 8.20. The zero-order valence-corrected chi connectivity index (χ0v) is 20.2. The van der Waals surface area contributed by atoms with E-state index in [-0.39, 0.29) is 5.75 Å². The molecule has 6 nitrogen and oxygen atoms in total. The molecular weight excluding hydrogens is 456 g/mol. The summed E-state index contributed by atoms with van der Waals surface area (Å²) < 4.78 is 6.12. The molecule has 5 aromatic rings. The van der Waals surface area contributed by atoms with Crippen molar-refractivity contribution < 1.29 is 9.84 Å². The highest BCUT2D eigenvalue weighted by Gasteiger charge is 2.12. The fraction of sp³-hybridized carbons (Fsp3) is 0.107. The van der Waals surface area contributed by atoms with Gasteiger partial charge in [0.1, 0.15) is 30.3 Å². The highest BCUT2D eigenvalue weighted by Crippen LogP contribution is 2.38. The van der Waals surface area contributed by atoms with Crippen LogP contribution in [0.25, 0.3) is 11.0 Å². The molecule has 0 aliphatic heterocycles. The number of aryl methyl sites for hydroxylation is 2. The lowest BCUT2D eigenvalue weighted by Gasteiger charge is -2.15. The van der Waals surface area contributed by atoms with Crippen molar-refractivity contribution >= 4 is 34.3 Å². The van der Waals surface area contributed by atoms with Gasteiger partial charge < -0.3 is 15.2 Å². The number of aromatic nitrogens is 3. The molecule has 0 spiro atoms. The zero-order valence-electron chi connectivity index (χ0n) is 19.4. The molecule has 2 N–H and O–H groups in total. The Morgan fingerprint density at radius 2 is 1.77 bits per heavy atom. The Morgan fingerprint density at radius 1 is 0.914 bits per heavy atom. The van der Waals surface area contributed by atoms with Gasteiger partial charge >= 0.3 is 0 Å². The minimum absolute atomic E-state index is 0.239. The van der Waals surface area contributed by atoms with E-state index in [4.69, 9.17) is 4.74 Å². The average molecular weight is 481 g/mol. The molecular formula is C28H24N4O2S. The number of hydrogen-bond acceptors (Lipinski definition) is 7. The standard InChI is InChI=1S/C28H24N4O2S/c1-18-4-3-5-20(14-18)16-34-22-9-13-26(35-23-10-7-21(33)8-11-23)25(15-22)32-28-24-12-6-19(2)31-27(24)29-17-30-28/h3-15,17,33H,16H2,1-2H3,(H,29,30,31,32). The third-order valence-corrected chi connectivity index (χ3v) is 6.48. The van der Waals surface area contributed by atoms with Crippen LogP contribution in [0.3, 0.4) is 0 Å². The average Bonchev–Trinajstić information content (AvgIpc) is 2.85. The first-order chi connectivity index (χ1) is 17.0. The largest absolute Gasteiger partial charge is 0.508 e. The molecule has 0 radical (unpaired) electrons. The zero-order chi connectivity index (χ0) is 24.2. The topological polar surface area (TPSA) is 80.2 Å². The van der Waals surface area contributed by atoms with Crippen molar-refractivity contribution in [3.05, 3.63) is 102 Å². The second-order valence-corrected chi connectivity index (χ2v) is 9.32. The summed E-state index contributed by atoms with van der Waals surface area (Å²) in [5, 5.41) is 14.0. The Hall–Kier alpha value is -4.10. The van der Waals surface area contributed by atoms with E-state index in [1.165, 1.54) is 11.9 Å². The molecule has 0 atom stereocenters. The smallest absolute Gasteiger partial charge is 0.164 e. The van der Waals surface area contributed by atoms with Gasteiger partial charge in [0.25, 0.3) is 0 Å². The number of nitrogens with zero attached hydrogens (tertiary/aromatic N) is 3. The summed E-state index contributed by atoms with van der Waals surface area (Å²) in [7, 11) is 0. The van der Waals surface area contributed by atoms with Crippen LogP contribution in [-0.2, 0) is 6.61 Å². The summed E-state index contributed by atoms with van der Waals surface area (Å²) in [6.07, 6.45) is 1.52. The lowest BCUT2D eigenvalue weighted by atomic mass is 10.1. The monoisotopic (exact) mass is 480 g/mol. The molecule has 5 rings (SSSR count). The first-order valence-electron chi connectivity index (χ1n) is 11.2. The molecule has 2 heterocycles. The molecule has 0 saturated carbocycles. The van der Waals surface area contributed by atoms with Gasteiger partial charge in [0, 0.05) is 21.6 Å². The van der Waals surface area contributed by atoms with Crippen LogP contribution in [0.4, 0.5) is 11.5 Å². The Bertz CT molecular complexity index is 1490. The van der Waals surface area contributed by atoms with Crippen molar-refractivity contribution in [2.75, 3.05) is 5.32 Å². The lowest BCUT2D eigenvalue weighted by Crippen LogP contribution is -2.00. The summed E-state index contributed by atoms with van der Waals surface area (Å²) >= 11 is 1.59. The maximum atomic E-state index is 9.64. The van der Waals surface area contributed by atoms with E-state index < -0.39 is 0 Å². The molecule has 3 aromatic carbocycles. The highest BCUT2D eigenvalue weighted by molar-refractivity contribution is 7.99. The van der Waals surface area contributed by atoms with Gasteiger partial charge in [-0.1, -0.05) is 41.6 Å². The summed E-state index contributed by atoms with van der Waals surface area (Å²) in [5.74, 6) is 1.66. The van der Waals surface area contributed by atoms with Gasteiger partial charge in [-0.2, -0.15) is 0 Å². The van der Waals surface area contributed by atoms with Crippen LogP contribution in [0, 0.1) is 13.8 Å². The van der Waals surface area contributed by atoms with Crippen molar-refractivity contribution in [3.63, 3.8) is 0 Å². The Labute approximate surface area is 208 Å². The second kappa shape index (κ2) is 10.0. The van der Waals surface area contributed by atoms with Crippen LogP contribution in [0.2, 0.25) is 0 Å². The van der Waals surface area contributed by atoms with E-state index in [2.05, 4.69) is 45.4 Å². The molecule has 0 bridgehead atoms.